The topological polar surface area (TPSA) is 65.4 Å². The standard InChI is InChI=1S/C15H19N5O/c1-10-16-14(19(2)3)18-15(17-10)20-7-6-11-4-5-13(21)8-12(11)9-20/h4-5,8,21H,6-7,9H2,1-3H3. The molecule has 0 fully saturated rings. The van der Waals surface area contributed by atoms with Crippen molar-refractivity contribution in [3.8, 4) is 5.75 Å². The van der Waals surface area contributed by atoms with Gasteiger partial charge < -0.3 is 14.9 Å². The third kappa shape index (κ3) is 2.74. The first kappa shape index (κ1) is 13.6. The molecule has 1 N–H and O–H groups in total. The maximum absolute atomic E-state index is 9.64. The van der Waals surface area contributed by atoms with E-state index in [1.165, 1.54) is 5.56 Å². The van der Waals surface area contributed by atoms with Crippen molar-refractivity contribution in [2.75, 3.05) is 30.4 Å². The summed E-state index contributed by atoms with van der Waals surface area (Å²) in [5, 5.41) is 9.64. The normalized spacial score (nSPS) is 14.0. The maximum atomic E-state index is 9.64. The zero-order chi connectivity index (χ0) is 15.0. The largest absolute Gasteiger partial charge is 0.508 e. The molecular formula is C15H19N5O. The van der Waals surface area contributed by atoms with Gasteiger partial charge in [0, 0.05) is 27.2 Å². The minimum atomic E-state index is 0.302. The summed E-state index contributed by atoms with van der Waals surface area (Å²) in [4.78, 5) is 17.3. The Balaban J connectivity index is 1.92. The molecule has 0 aliphatic carbocycles. The maximum Gasteiger partial charge on any atom is 0.230 e. The molecule has 2 aromatic rings. The van der Waals surface area contributed by atoms with E-state index in [4.69, 9.17) is 0 Å². The van der Waals surface area contributed by atoms with Crippen LogP contribution in [0.5, 0.6) is 5.75 Å². The zero-order valence-electron chi connectivity index (χ0n) is 12.5. The van der Waals surface area contributed by atoms with Crippen molar-refractivity contribution in [3.05, 3.63) is 35.2 Å². The monoisotopic (exact) mass is 285 g/mol. The molecule has 6 heteroatoms. The molecule has 3 rings (SSSR count). The summed E-state index contributed by atoms with van der Waals surface area (Å²) in [6, 6.07) is 5.56. The number of nitrogens with zero attached hydrogens (tertiary/aromatic N) is 5. The van der Waals surface area contributed by atoms with Gasteiger partial charge in [-0.05, 0) is 36.6 Å². The highest BCUT2D eigenvalue weighted by molar-refractivity contribution is 5.44. The fourth-order valence-electron chi connectivity index (χ4n) is 2.51. The molecule has 0 saturated heterocycles. The van der Waals surface area contributed by atoms with Gasteiger partial charge in [-0.15, -0.1) is 0 Å². The average Bonchev–Trinajstić information content (AvgIpc) is 2.45. The number of hydrogen-bond acceptors (Lipinski definition) is 6. The molecule has 1 aromatic heterocycles. The molecule has 6 nitrogen and oxygen atoms in total. The molecule has 0 unspecified atom stereocenters. The number of benzene rings is 1. The van der Waals surface area contributed by atoms with Crippen LogP contribution in [0.4, 0.5) is 11.9 Å². The molecule has 0 bridgehead atoms. The van der Waals surface area contributed by atoms with Crippen LogP contribution in [-0.2, 0) is 13.0 Å². The van der Waals surface area contributed by atoms with Crippen molar-refractivity contribution < 1.29 is 5.11 Å². The second-order valence-corrected chi connectivity index (χ2v) is 5.50. The van der Waals surface area contributed by atoms with E-state index in [0.717, 1.165) is 18.5 Å². The van der Waals surface area contributed by atoms with Crippen molar-refractivity contribution >= 4 is 11.9 Å². The Morgan fingerprint density at radius 1 is 1.14 bits per heavy atom. The first-order valence-corrected chi connectivity index (χ1v) is 6.98. The second-order valence-electron chi connectivity index (χ2n) is 5.50. The highest BCUT2D eigenvalue weighted by Gasteiger charge is 2.20. The van der Waals surface area contributed by atoms with Crippen molar-refractivity contribution in [2.45, 2.75) is 19.9 Å². The number of aromatic nitrogens is 3. The third-order valence-electron chi connectivity index (χ3n) is 3.61. The average molecular weight is 285 g/mol. The fraction of sp³-hybridized carbons (Fsp3) is 0.400. The smallest absolute Gasteiger partial charge is 0.230 e. The van der Waals surface area contributed by atoms with E-state index in [-0.39, 0.29) is 0 Å². The molecule has 21 heavy (non-hydrogen) atoms. The second kappa shape index (κ2) is 5.20. The van der Waals surface area contributed by atoms with Crippen molar-refractivity contribution in [2.24, 2.45) is 0 Å². The van der Waals surface area contributed by atoms with Crippen LogP contribution < -0.4 is 9.80 Å². The van der Waals surface area contributed by atoms with Gasteiger partial charge in [0.25, 0.3) is 0 Å². The van der Waals surface area contributed by atoms with Gasteiger partial charge >= 0.3 is 0 Å². The first-order chi connectivity index (χ1) is 10.0. The van der Waals surface area contributed by atoms with E-state index in [1.54, 1.807) is 6.07 Å². The molecule has 1 aliphatic rings. The quantitative estimate of drug-likeness (QED) is 0.902. The van der Waals surface area contributed by atoms with Crippen LogP contribution in [0.3, 0.4) is 0 Å². The molecule has 0 amide bonds. The minimum Gasteiger partial charge on any atom is -0.508 e. The van der Waals surface area contributed by atoms with Crippen LogP contribution in [0, 0.1) is 6.92 Å². The van der Waals surface area contributed by atoms with Gasteiger partial charge in [0.05, 0.1) is 0 Å². The number of phenolic OH excluding ortho intramolecular Hbond substituents is 1. The van der Waals surface area contributed by atoms with E-state index >= 15 is 0 Å². The van der Waals surface area contributed by atoms with Gasteiger partial charge in [-0.3, -0.25) is 0 Å². The molecule has 0 radical (unpaired) electrons. The Hall–Kier alpha value is -2.37. The summed E-state index contributed by atoms with van der Waals surface area (Å²) < 4.78 is 0. The van der Waals surface area contributed by atoms with Gasteiger partial charge in [-0.25, -0.2) is 0 Å². The highest BCUT2D eigenvalue weighted by Crippen LogP contribution is 2.25. The fourth-order valence-corrected chi connectivity index (χ4v) is 2.51. The number of phenols is 1. The number of rotatable bonds is 2. The van der Waals surface area contributed by atoms with Gasteiger partial charge in [-0.1, -0.05) is 6.07 Å². The van der Waals surface area contributed by atoms with Crippen LogP contribution >= 0.6 is 0 Å². The lowest BCUT2D eigenvalue weighted by atomic mass is 10.00. The number of anilines is 2. The van der Waals surface area contributed by atoms with Gasteiger partial charge in [0.1, 0.15) is 11.6 Å². The highest BCUT2D eigenvalue weighted by atomic mass is 16.3. The van der Waals surface area contributed by atoms with Crippen molar-refractivity contribution in [1.82, 2.24) is 15.0 Å². The van der Waals surface area contributed by atoms with Gasteiger partial charge in [0.15, 0.2) is 0 Å². The van der Waals surface area contributed by atoms with E-state index in [9.17, 15) is 5.11 Å². The van der Waals surface area contributed by atoms with Crippen molar-refractivity contribution in [1.29, 1.82) is 0 Å². The van der Waals surface area contributed by atoms with Crippen LogP contribution in [0.1, 0.15) is 17.0 Å². The summed E-state index contributed by atoms with van der Waals surface area (Å²) in [5.74, 6) is 2.38. The van der Waals surface area contributed by atoms with Gasteiger partial charge in [-0.2, -0.15) is 15.0 Å². The number of aromatic hydroxyl groups is 1. The van der Waals surface area contributed by atoms with Crippen LogP contribution in [0.25, 0.3) is 0 Å². The zero-order valence-corrected chi connectivity index (χ0v) is 12.5. The lowest BCUT2D eigenvalue weighted by molar-refractivity contribution is 0.473. The van der Waals surface area contributed by atoms with E-state index < -0.39 is 0 Å². The van der Waals surface area contributed by atoms with Gasteiger partial charge in [0.2, 0.25) is 11.9 Å². The summed E-state index contributed by atoms with van der Waals surface area (Å²) in [7, 11) is 3.84. The van der Waals surface area contributed by atoms with Crippen LogP contribution in [0.2, 0.25) is 0 Å². The SMILES string of the molecule is Cc1nc(N(C)C)nc(N2CCc3ccc(O)cc3C2)n1. The van der Waals surface area contributed by atoms with Crippen molar-refractivity contribution in [3.63, 3.8) is 0 Å². The predicted molar refractivity (Wildman–Crippen MR) is 81.8 cm³/mol. The molecule has 1 aromatic carbocycles. The molecule has 0 atom stereocenters. The Kier molecular flexibility index (Phi) is 3.37. The minimum absolute atomic E-state index is 0.302. The number of aryl methyl sites for hydroxylation is 1. The summed E-state index contributed by atoms with van der Waals surface area (Å²) in [5.41, 5.74) is 2.41. The van der Waals surface area contributed by atoms with Crippen LogP contribution in [-0.4, -0.2) is 40.7 Å². The lowest BCUT2D eigenvalue weighted by Gasteiger charge is -2.29. The third-order valence-corrected chi connectivity index (χ3v) is 3.61. The number of fused-ring (bicyclic) bond motifs is 1. The van der Waals surface area contributed by atoms with E-state index in [0.29, 0.717) is 30.0 Å². The summed E-state index contributed by atoms with van der Waals surface area (Å²) in [6.45, 7) is 3.45. The summed E-state index contributed by atoms with van der Waals surface area (Å²) >= 11 is 0. The Bertz CT molecular complexity index is 671. The van der Waals surface area contributed by atoms with E-state index in [2.05, 4.69) is 19.9 Å². The number of hydrogen-bond donors (Lipinski definition) is 1. The molecular weight excluding hydrogens is 266 g/mol. The first-order valence-electron chi connectivity index (χ1n) is 6.98. The Morgan fingerprint density at radius 3 is 2.71 bits per heavy atom. The molecule has 0 spiro atoms. The lowest BCUT2D eigenvalue weighted by Crippen LogP contribution is -2.32. The van der Waals surface area contributed by atoms with E-state index in [1.807, 2.05) is 38.1 Å². The molecule has 1 aliphatic heterocycles. The Morgan fingerprint density at radius 2 is 1.95 bits per heavy atom. The molecule has 0 saturated carbocycles. The molecule has 110 valence electrons. The predicted octanol–water partition coefficient (Wildman–Crippen LogP) is 1.51. The molecule has 2 heterocycles. The van der Waals surface area contributed by atoms with Crippen LogP contribution in [0.15, 0.2) is 18.2 Å². The Labute approximate surface area is 124 Å². The summed E-state index contributed by atoms with van der Waals surface area (Å²) in [6.07, 6.45) is 0.928.